The summed E-state index contributed by atoms with van der Waals surface area (Å²) in [6.07, 6.45) is 1.50. The van der Waals surface area contributed by atoms with Crippen molar-refractivity contribution in [3.8, 4) is 0 Å². The minimum atomic E-state index is -0.444. The number of para-hydroxylation sites is 1. The number of hydrogen-bond donors (Lipinski definition) is 1. The number of fused-ring (bicyclic) bond motifs is 2. The van der Waals surface area contributed by atoms with Gasteiger partial charge in [-0.1, -0.05) is 53.7 Å². The Morgan fingerprint density at radius 3 is 2.56 bits per heavy atom. The number of carbonyl (C=O) groups excluding carboxylic acids is 1. The third-order valence-corrected chi connectivity index (χ3v) is 6.22. The van der Waals surface area contributed by atoms with Crippen molar-refractivity contribution >= 4 is 45.8 Å². The third kappa shape index (κ3) is 4.30. The highest BCUT2D eigenvalue weighted by molar-refractivity contribution is 7.98. The molecule has 3 aromatic heterocycles. The molecule has 34 heavy (non-hydrogen) atoms. The van der Waals surface area contributed by atoms with E-state index in [4.69, 9.17) is 11.6 Å². The van der Waals surface area contributed by atoms with Gasteiger partial charge >= 0.3 is 0 Å². The standard InChI is InChI=1S/C24H16ClN5O3S/c25-16-10-11-20-26-17(12-21(31)29(20)13-16)14-34-24-27-19-9-5-4-8-18(19)23(33)30(24)28-22(32)15-6-2-1-3-7-15/h1-13H,14H2,(H,28,32). The number of benzene rings is 2. The van der Waals surface area contributed by atoms with Gasteiger partial charge in [0, 0.05) is 23.6 Å². The molecule has 0 atom stereocenters. The van der Waals surface area contributed by atoms with E-state index in [0.717, 1.165) is 4.68 Å². The molecular formula is C24H16ClN5O3S. The Bertz CT molecular complexity index is 1670. The van der Waals surface area contributed by atoms with Crippen LogP contribution >= 0.6 is 23.4 Å². The zero-order chi connectivity index (χ0) is 23.7. The van der Waals surface area contributed by atoms with E-state index in [2.05, 4.69) is 15.4 Å². The van der Waals surface area contributed by atoms with Crippen molar-refractivity contribution in [1.82, 2.24) is 19.0 Å². The first-order valence-electron chi connectivity index (χ1n) is 10.2. The summed E-state index contributed by atoms with van der Waals surface area (Å²) in [6.45, 7) is 0. The molecule has 0 aliphatic carbocycles. The zero-order valence-corrected chi connectivity index (χ0v) is 19.1. The van der Waals surface area contributed by atoms with Crippen LogP contribution in [0.15, 0.2) is 93.7 Å². The lowest BCUT2D eigenvalue weighted by Crippen LogP contribution is -2.35. The smallest absolute Gasteiger partial charge is 0.269 e. The molecule has 0 radical (unpaired) electrons. The number of nitrogens with one attached hydrogen (secondary N) is 1. The van der Waals surface area contributed by atoms with Crippen molar-refractivity contribution in [2.24, 2.45) is 0 Å². The van der Waals surface area contributed by atoms with Gasteiger partial charge in [0.1, 0.15) is 5.65 Å². The van der Waals surface area contributed by atoms with Crippen LogP contribution in [-0.2, 0) is 5.75 Å². The molecule has 1 N–H and O–H groups in total. The van der Waals surface area contributed by atoms with Gasteiger partial charge in [-0.2, -0.15) is 4.68 Å². The van der Waals surface area contributed by atoms with Crippen LogP contribution in [0.2, 0.25) is 5.02 Å². The van der Waals surface area contributed by atoms with Crippen LogP contribution in [0, 0.1) is 0 Å². The SMILES string of the molecule is O=C(Nn1c(SCc2cc(=O)n3cc(Cl)ccc3n2)nc2ccccc2c1=O)c1ccccc1. The summed E-state index contributed by atoms with van der Waals surface area (Å²) in [5.74, 6) is -0.194. The molecule has 10 heteroatoms. The maximum absolute atomic E-state index is 13.2. The molecule has 0 fully saturated rings. The average molecular weight is 490 g/mol. The van der Waals surface area contributed by atoms with Crippen LogP contribution in [0.4, 0.5) is 0 Å². The third-order valence-electron chi connectivity index (χ3n) is 5.02. The number of hydrogen-bond acceptors (Lipinski definition) is 6. The number of thioether (sulfide) groups is 1. The first-order chi connectivity index (χ1) is 16.5. The van der Waals surface area contributed by atoms with Gasteiger partial charge in [-0.25, -0.2) is 9.97 Å². The molecule has 3 heterocycles. The molecule has 0 unspecified atom stereocenters. The molecule has 0 saturated heterocycles. The number of amides is 1. The summed E-state index contributed by atoms with van der Waals surface area (Å²) in [6, 6.07) is 20.2. The van der Waals surface area contributed by atoms with Gasteiger partial charge in [0.05, 0.1) is 21.6 Å². The van der Waals surface area contributed by atoms with E-state index in [1.165, 1.54) is 28.4 Å². The molecule has 5 aromatic rings. The molecular weight excluding hydrogens is 474 g/mol. The molecule has 0 aliphatic rings. The largest absolute Gasteiger partial charge is 0.281 e. The van der Waals surface area contributed by atoms with Crippen LogP contribution in [0.25, 0.3) is 16.6 Å². The predicted octanol–water partition coefficient (Wildman–Crippen LogP) is 3.73. The molecule has 5 rings (SSSR count). The van der Waals surface area contributed by atoms with Gasteiger partial charge in [-0.15, -0.1) is 0 Å². The van der Waals surface area contributed by atoms with Crippen LogP contribution in [0.3, 0.4) is 0 Å². The van der Waals surface area contributed by atoms with E-state index in [1.807, 2.05) is 0 Å². The van der Waals surface area contributed by atoms with E-state index >= 15 is 0 Å². The number of carbonyl (C=O) groups is 1. The van der Waals surface area contributed by atoms with Crippen LogP contribution < -0.4 is 16.5 Å². The maximum atomic E-state index is 13.2. The second-order valence-corrected chi connectivity index (χ2v) is 8.69. The fourth-order valence-corrected chi connectivity index (χ4v) is 4.41. The lowest BCUT2D eigenvalue weighted by molar-refractivity contribution is 0.100. The molecule has 2 aromatic carbocycles. The maximum Gasteiger partial charge on any atom is 0.281 e. The fraction of sp³-hybridized carbons (Fsp3) is 0.0417. The van der Waals surface area contributed by atoms with E-state index in [1.54, 1.807) is 66.7 Å². The molecule has 0 aliphatic heterocycles. The summed E-state index contributed by atoms with van der Waals surface area (Å²) in [5.41, 5.74) is 3.83. The summed E-state index contributed by atoms with van der Waals surface area (Å²) in [4.78, 5) is 47.5. The number of aromatic nitrogens is 4. The van der Waals surface area contributed by atoms with Gasteiger partial charge < -0.3 is 0 Å². The van der Waals surface area contributed by atoms with Crippen molar-refractivity contribution in [1.29, 1.82) is 0 Å². The molecule has 0 spiro atoms. The highest BCUT2D eigenvalue weighted by Gasteiger charge is 2.16. The van der Waals surface area contributed by atoms with Crippen molar-refractivity contribution in [3.05, 3.63) is 116 Å². The molecule has 0 saturated carbocycles. The van der Waals surface area contributed by atoms with Crippen molar-refractivity contribution in [2.75, 3.05) is 5.43 Å². The minimum absolute atomic E-state index is 0.250. The Morgan fingerprint density at radius 1 is 0.971 bits per heavy atom. The van der Waals surface area contributed by atoms with Crippen LogP contribution in [0.1, 0.15) is 16.1 Å². The molecule has 168 valence electrons. The lowest BCUT2D eigenvalue weighted by atomic mass is 10.2. The van der Waals surface area contributed by atoms with E-state index in [-0.39, 0.29) is 16.5 Å². The fourth-order valence-electron chi connectivity index (χ4n) is 3.40. The quantitative estimate of drug-likeness (QED) is 0.298. The molecule has 8 nitrogen and oxygen atoms in total. The minimum Gasteiger partial charge on any atom is -0.269 e. The number of nitrogens with zero attached hydrogens (tertiary/aromatic N) is 4. The normalized spacial score (nSPS) is 11.1. The first kappa shape index (κ1) is 21.9. The Hall–Kier alpha value is -3.95. The number of pyridine rings is 1. The van der Waals surface area contributed by atoms with Crippen LogP contribution in [-0.4, -0.2) is 25.0 Å². The molecule has 1 amide bonds. The van der Waals surface area contributed by atoms with E-state index in [9.17, 15) is 14.4 Å². The summed E-state index contributed by atoms with van der Waals surface area (Å²) >= 11 is 7.16. The first-order valence-corrected chi connectivity index (χ1v) is 11.5. The summed E-state index contributed by atoms with van der Waals surface area (Å²) in [7, 11) is 0. The van der Waals surface area contributed by atoms with Crippen LogP contribution in [0.5, 0.6) is 0 Å². The van der Waals surface area contributed by atoms with Crippen molar-refractivity contribution in [3.63, 3.8) is 0 Å². The van der Waals surface area contributed by atoms with E-state index < -0.39 is 11.5 Å². The zero-order valence-electron chi connectivity index (χ0n) is 17.5. The Labute approximate surface area is 201 Å². The van der Waals surface area contributed by atoms with E-state index in [0.29, 0.717) is 32.8 Å². The predicted molar refractivity (Wildman–Crippen MR) is 132 cm³/mol. The number of rotatable bonds is 5. The highest BCUT2D eigenvalue weighted by Crippen LogP contribution is 2.21. The second-order valence-electron chi connectivity index (χ2n) is 7.31. The van der Waals surface area contributed by atoms with Gasteiger partial charge in [-0.3, -0.25) is 24.2 Å². The van der Waals surface area contributed by atoms with Gasteiger partial charge in [0.25, 0.3) is 17.0 Å². The van der Waals surface area contributed by atoms with Gasteiger partial charge in [0.2, 0.25) is 0 Å². The lowest BCUT2D eigenvalue weighted by Gasteiger charge is -2.14. The van der Waals surface area contributed by atoms with Crippen molar-refractivity contribution in [2.45, 2.75) is 10.9 Å². The summed E-state index contributed by atoms with van der Waals surface area (Å²) < 4.78 is 2.50. The van der Waals surface area contributed by atoms with Crippen molar-refractivity contribution < 1.29 is 4.79 Å². The Kier molecular flexibility index (Phi) is 5.87. The summed E-state index contributed by atoms with van der Waals surface area (Å²) in [5, 5.41) is 1.07. The second kappa shape index (κ2) is 9.12. The van der Waals surface area contributed by atoms with Gasteiger partial charge in [0.15, 0.2) is 5.16 Å². The average Bonchev–Trinajstić information content (AvgIpc) is 2.85. The van der Waals surface area contributed by atoms with Gasteiger partial charge in [-0.05, 0) is 36.4 Å². The highest BCUT2D eigenvalue weighted by atomic mass is 35.5. The Morgan fingerprint density at radius 2 is 1.74 bits per heavy atom. The monoisotopic (exact) mass is 489 g/mol. The Balaban J connectivity index is 1.52. The number of halogens is 1. The molecule has 0 bridgehead atoms. The topological polar surface area (TPSA) is 98.4 Å².